The van der Waals surface area contributed by atoms with Crippen LogP contribution in [0, 0.1) is 6.92 Å². The van der Waals surface area contributed by atoms with Crippen LogP contribution in [0.2, 0.25) is 0 Å². The van der Waals surface area contributed by atoms with E-state index in [-0.39, 0.29) is 11.9 Å². The molecule has 3 aromatic heterocycles. The number of rotatable bonds is 5. The number of hydrogen-bond acceptors (Lipinski definition) is 5. The lowest BCUT2D eigenvalue weighted by Crippen LogP contribution is -2.44. The molecule has 0 fully saturated rings. The van der Waals surface area contributed by atoms with Crippen molar-refractivity contribution in [3.8, 4) is 5.82 Å². The van der Waals surface area contributed by atoms with E-state index < -0.39 is 0 Å². The Morgan fingerprint density at radius 1 is 1.12 bits per heavy atom. The molecule has 1 N–H and O–H groups in total. The molecule has 1 aromatic carbocycles. The number of amides is 1. The van der Waals surface area contributed by atoms with Gasteiger partial charge in [0.15, 0.2) is 11.5 Å². The fraction of sp³-hybridized carbons (Fsp3) is 0.280. The van der Waals surface area contributed by atoms with Gasteiger partial charge in [0.25, 0.3) is 5.91 Å². The fourth-order valence-electron chi connectivity index (χ4n) is 4.27. The molecule has 1 aliphatic heterocycles. The van der Waals surface area contributed by atoms with Crippen molar-refractivity contribution in [1.29, 1.82) is 0 Å². The van der Waals surface area contributed by atoms with Crippen LogP contribution in [0.5, 0.6) is 0 Å². The Balaban J connectivity index is 1.28. The average molecular weight is 427 g/mol. The Morgan fingerprint density at radius 3 is 2.75 bits per heavy atom. The first-order valence-corrected chi connectivity index (χ1v) is 11.0. The SMILES string of the molecule is Cc1nn(-c2ccccn2)c2ncc(C(=O)NC[C@H](C)N3CCc4ccccc4C3)cc12. The van der Waals surface area contributed by atoms with Crippen molar-refractivity contribution in [2.24, 2.45) is 0 Å². The van der Waals surface area contributed by atoms with Crippen molar-refractivity contribution >= 4 is 16.9 Å². The highest BCUT2D eigenvalue weighted by Crippen LogP contribution is 2.21. The van der Waals surface area contributed by atoms with Gasteiger partial charge in [-0.05, 0) is 49.6 Å². The molecule has 162 valence electrons. The van der Waals surface area contributed by atoms with Crippen molar-refractivity contribution in [2.45, 2.75) is 32.9 Å². The highest BCUT2D eigenvalue weighted by atomic mass is 16.1. The number of pyridine rings is 2. The van der Waals surface area contributed by atoms with Crippen LogP contribution in [0.4, 0.5) is 0 Å². The van der Waals surface area contributed by atoms with Gasteiger partial charge in [0.1, 0.15) is 0 Å². The minimum atomic E-state index is -0.117. The summed E-state index contributed by atoms with van der Waals surface area (Å²) < 4.78 is 1.71. The topological polar surface area (TPSA) is 75.9 Å². The zero-order valence-electron chi connectivity index (χ0n) is 18.3. The largest absolute Gasteiger partial charge is 0.350 e. The maximum Gasteiger partial charge on any atom is 0.252 e. The van der Waals surface area contributed by atoms with E-state index in [2.05, 4.69) is 56.5 Å². The molecule has 0 radical (unpaired) electrons. The van der Waals surface area contributed by atoms with Crippen LogP contribution in [0.1, 0.15) is 34.1 Å². The normalized spacial score (nSPS) is 14.8. The molecule has 4 aromatic rings. The van der Waals surface area contributed by atoms with Gasteiger partial charge in [0.05, 0.1) is 11.3 Å². The van der Waals surface area contributed by atoms with Gasteiger partial charge in [-0.15, -0.1) is 0 Å². The van der Waals surface area contributed by atoms with Crippen LogP contribution in [0.3, 0.4) is 0 Å². The number of carbonyl (C=O) groups excluding carboxylic acids is 1. The first-order valence-electron chi connectivity index (χ1n) is 11.0. The monoisotopic (exact) mass is 426 g/mol. The maximum atomic E-state index is 12.9. The first-order chi connectivity index (χ1) is 15.6. The van der Waals surface area contributed by atoms with E-state index in [1.54, 1.807) is 17.1 Å². The van der Waals surface area contributed by atoms with Gasteiger partial charge in [-0.2, -0.15) is 9.78 Å². The van der Waals surface area contributed by atoms with Gasteiger partial charge in [0.2, 0.25) is 0 Å². The summed E-state index contributed by atoms with van der Waals surface area (Å²) in [6, 6.07) is 16.4. The molecule has 1 aliphatic rings. The van der Waals surface area contributed by atoms with Crippen molar-refractivity contribution in [3.05, 3.63) is 83.3 Å². The first kappa shape index (κ1) is 20.3. The van der Waals surface area contributed by atoms with Gasteiger partial charge in [-0.1, -0.05) is 30.3 Å². The van der Waals surface area contributed by atoms with Gasteiger partial charge in [0, 0.05) is 43.5 Å². The van der Waals surface area contributed by atoms with Crippen LogP contribution in [-0.2, 0) is 13.0 Å². The molecule has 0 saturated carbocycles. The van der Waals surface area contributed by atoms with E-state index in [1.165, 1.54) is 11.1 Å². The third kappa shape index (κ3) is 3.87. The molecule has 1 amide bonds. The summed E-state index contributed by atoms with van der Waals surface area (Å²) in [7, 11) is 0. The lowest BCUT2D eigenvalue weighted by Gasteiger charge is -2.33. The van der Waals surface area contributed by atoms with E-state index in [4.69, 9.17) is 0 Å². The molecule has 5 rings (SSSR count). The maximum absolute atomic E-state index is 12.9. The van der Waals surface area contributed by atoms with E-state index >= 15 is 0 Å². The van der Waals surface area contributed by atoms with Gasteiger partial charge in [-0.3, -0.25) is 9.69 Å². The molecule has 32 heavy (non-hydrogen) atoms. The summed E-state index contributed by atoms with van der Waals surface area (Å²) >= 11 is 0. The lowest BCUT2D eigenvalue weighted by molar-refractivity contribution is 0.0932. The Morgan fingerprint density at radius 2 is 1.94 bits per heavy atom. The Hall–Kier alpha value is -3.58. The zero-order chi connectivity index (χ0) is 22.1. The molecular formula is C25H26N6O. The van der Waals surface area contributed by atoms with Crippen LogP contribution in [0.15, 0.2) is 60.9 Å². The van der Waals surface area contributed by atoms with Gasteiger partial charge in [-0.25, -0.2) is 9.97 Å². The van der Waals surface area contributed by atoms with Gasteiger partial charge >= 0.3 is 0 Å². The number of carbonyl (C=O) groups is 1. The quantitative estimate of drug-likeness (QED) is 0.530. The van der Waals surface area contributed by atoms with Crippen molar-refractivity contribution in [1.82, 2.24) is 30.0 Å². The smallest absolute Gasteiger partial charge is 0.252 e. The predicted molar refractivity (Wildman–Crippen MR) is 124 cm³/mol. The molecule has 4 heterocycles. The van der Waals surface area contributed by atoms with E-state index in [0.717, 1.165) is 30.6 Å². The minimum absolute atomic E-state index is 0.117. The summed E-state index contributed by atoms with van der Waals surface area (Å²) in [5.41, 5.74) is 4.86. The highest BCUT2D eigenvalue weighted by Gasteiger charge is 2.21. The van der Waals surface area contributed by atoms with Crippen LogP contribution >= 0.6 is 0 Å². The number of aromatic nitrogens is 4. The van der Waals surface area contributed by atoms with Crippen LogP contribution in [0.25, 0.3) is 16.9 Å². The third-order valence-electron chi connectivity index (χ3n) is 6.18. The number of nitrogens with zero attached hydrogens (tertiary/aromatic N) is 5. The number of fused-ring (bicyclic) bond motifs is 2. The van der Waals surface area contributed by atoms with E-state index in [1.807, 2.05) is 31.2 Å². The lowest BCUT2D eigenvalue weighted by atomic mass is 9.99. The van der Waals surface area contributed by atoms with E-state index in [0.29, 0.717) is 23.6 Å². The number of benzene rings is 1. The molecule has 0 aliphatic carbocycles. The zero-order valence-corrected chi connectivity index (χ0v) is 18.3. The van der Waals surface area contributed by atoms with Crippen LogP contribution < -0.4 is 5.32 Å². The molecule has 7 nitrogen and oxygen atoms in total. The Bertz CT molecular complexity index is 1270. The molecule has 0 saturated heterocycles. The third-order valence-corrected chi connectivity index (χ3v) is 6.18. The van der Waals surface area contributed by atoms with Crippen molar-refractivity contribution < 1.29 is 4.79 Å². The second-order valence-electron chi connectivity index (χ2n) is 8.33. The van der Waals surface area contributed by atoms with Crippen molar-refractivity contribution in [2.75, 3.05) is 13.1 Å². The fourth-order valence-corrected chi connectivity index (χ4v) is 4.27. The summed E-state index contributed by atoms with van der Waals surface area (Å²) in [5.74, 6) is 0.584. The van der Waals surface area contributed by atoms with E-state index in [9.17, 15) is 4.79 Å². The number of nitrogens with one attached hydrogen (secondary N) is 1. The summed E-state index contributed by atoms with van der Waals surface area (Å²) in [4.78, 5) is 24.2. The second kappa shape index (κ2) is 8.51. The average Bonchev–Trinajstić information content (AvgIpc) is 3.18. The summed E-state index contributed by atoms with van der Waals surface area (Å²) in [6.45, 7) is 6.60. The minimum Gasteiger partial charge on any atom is -0.350 e. The second-order valence-corrected chi connectivity index (χ2v) is 8.33. The highest BCUT2D eigenvalue weighted by molar-refractivity contribution is 5.97. The molecular weight excluding hydrogens is 400 g/mol. The number of hydrogen-bond donors (Lipinski definition) is 1. The molecule has 0 spiro atoms. The van der Waals surface area contributed by atoms with Crippen molar-refractivity contribution in [3.63, 3.8) is 0 Å². The summed E-state index contributed by atoms with van der Waals surface area (Å²) in [6.07, 6.45) is 4.39. The van der Waals surface area contributed by atoms with Crippen LogP contribution in [-0.4, -0.2) is 49.7 Å². The van der Waals surface area contributed by atoms with Gasteiger partial charge < -0.3 is 5.32 Å². The number of aryl methyl sites for hydroxylation is 1. The molecule has 0 bridgehead atoms. The standard InChI is InChI=1S/C25H26N6O/c1-17(30-12-10-19-7-3-4-8-20(19)16-30)14-28-25(32)21-13-22-18(2)29-31(24(22)27-15-21)23-9-5-6-11-26-23/h3-9,11,13,15,17H,10,12,14,16H2,1-2H3,(H,28,32)/t17-/m0/s1. The predicted octanol–water partition coefficient (Wildman–Crippen LogP) is 3.30. The molecule has 1 atom stereocenters. The Kier molecular flexibility index (Phi) is 5.41. The molecule has 0 unspecified atom stereocenters. The summed E-state index contributed by atoms with van der Waals surface area (Å²) in [5, 5.41) is 8.50. The molecule has 7 heteroatoms. The Labute approximate surface area is 187 Å².